The third-order valence-electron chi connectivity index (χ3n) is 3.58. The van der Waals surface area contributed by atoms with Gasteiger partial charge in [-0.3, -0.25) is 9.36 Å². The van der Waals surface area contributed by atoms with Gasteiger partial charge in [-0.25, -0.2) is 4.98 Å². The van der Waals surface area contributed by atoms with Crippen LogP contribution < -0.4 is 5.56 Å². The van der Waals surface area contributed by atoms with Crippen LogP contribution in [-0.4, -0.2) is 9.55 Å². The molecule has 0 fully saturated rings. The smallest absolute Gasteiger partial charge is 0.261 e. The molecule has 0 spiro atoms. The van der Waals surface area contributed by atoms with Gasteiger partial charge in [-0.15, -0.1) is 0 Å². The molecule has 0 unspecified atom stereocenters. The summed E-state index contributed by atoms with van der Waals surface area (Å²) in [5, 5.41) is 1.76. The van der Waals surface area contributed by atoms with Gasteiger partial charge < -0.3 is 0 Å². The van der Waals surface area contributed by atoms with Crippen LogP contribution in [-0.2, 0) is 6.54 Å². The van der Waals surface area contributed by atoms with Crippen LogP contribution >= 0.6 is 23.2 Å². The molecule has 3 nitrogen and oxygen atoms in total. The van der Waals surface area contributed by atoms with Gasteiger partial charge in [0.15, 0.2) is 0 Å². The van der Waals surface area contributed by atoms with Crippen molar-refractivity contribution in [3.05, 3.63) is 74.3 Å². The van der Waals surface area contributed by atoms with Crippen molar-refractivity contribution in [2.24, 2.45) is 0 Å². The van der Waals surface area contributed by atoms with Crippen LogP contribution in [0.25, 0.3) is 23.1 Å². The summed E-state index contributed by atoms with van der Waals surface area (Å²) >= 11 is 12.1. The highest BCUT2D eigenvalue weighted by Crippen LogP contribution is 2.22. The fraction of sp³-hybridized carbons (Fsp3) is 0.111. The summed E-state index contributed by atoms with van der Waals surface area (Å²) in [7, 11) is 0. The SMILES string of the molecule is CCn1c(/C=C\c2ccc(Cl)cc2Cl)nc2ccccc2c1=O. The Morgan fingerprint density at radius 3 is 2.65 bits per heavy atom. The predicted octanol–water partition coefficient (Wildman–Crippen LogP) is 4.89. The number of hydrogen-bond donors (Lipinski definition) is 0. The van der Waals surface area contributed by atoms with E-state index in [0.717, 1.165) is 5.56 Å². The van der Waals surface area contributed by atoms with Crippen molar-refractivity contribution in [2.45, 2.75) is 13.5 Å². The lowest BCUT2D eigenvalue weighted by molar-refractivity contribution is 0.708. The Bertz CT molecular complexity index is 961. The van der Waals surface area contributed by atoms with E-state index >= 15 is 0 Å². The number of rotatable bonds is 3. The molecule has 0 aliphatic rings. The van der Waals surface area contributed by atoms with Crippen LogP contribution in [0.15, 0.2) is 47.3 Å². The average Bonchev–Trinajstić information content (AvgIpc) is 2.54. The van der Waals surface area contributed by atoms with E-state index in [1.165, 1.54) is 0 Å². The van der Waals surface area contributed by atoms with Crippen molar-refractivity contribution in [1.29, 1.82) is 0 Å². The van der Waals surface area contributed by atoms with Crippen molar-refractivity contribution in [2.75, 3.05) is 0 Å². The molecule has 1 aromatic heterocycles. The molecular formula is C18H14Cl2N2O. The molecule has 0 bridgehead atoms. The second-order valence-electron chi connectivity index (χ2n) is 5.04. The topological polar surface area (TPSA) is 34.9 Å². The zero-order valence-corrected chi connectivity index (χ0v) is 14.0. The number of benzene rings is 2. The zero-order chi connectivity index (χ0) is 16.4. The van der Waals surface area contributed by atoms with Crippen LogP contribution in [0.2, 0.25) is 10.0 Å². The first-order valence-electron chi connectivity index (χ1n) is 7.23. The summed E-state index contributed by atoms with van der Waals surface area (Å²) in [6.07, 6.45) is 3.63. The van der Waals surface area contributed by atoms with Crippen LogP contribution in [0, 0.1) is 0 Å². The number of aromatic nitrogens is 2. The molecule has 23 heavy (non-hydrogen) atoms. The largest absolute Gasteiger partial charge is 0.293 e. The summed E-state index contributed by atoms with van der Waals surface area (Å²) in [5.74, 6) is 0.599. The highest BCUT2D eigenvalue weighted by Gasteiger charge is 2.07. The Morgan fingerprint density at radius 1 is 1.13 bits per heavy atom. The zero-order valence-electron chi connectivity index (χ0n) is 12.5. The molecule has 0 atom stereocenters. The Morgan fingerprint density at radius 2 is 1.91 bits per heavy atom. The van der Waals surface area contributed by atoms with Gasteiger partial charge in [-0.05, 0) is 48.9 Å². The second kappa shape index (κ2) is 6.57. The molecule has 0 amide bonds. The lowest BCUT2D eigenvalue weighted by Crippen LogP contribution is -2.22. The molecule has 116 valence electrons. The number of fused-ring (bicyclic) bond motifs is 1. The highest BCUT2D eigenvalue weighted by atomic mass is 35.5. The molecule has 5 heteroatoms. The summed E-state index contributed by atoms with van der Waals surface area (Å²) in [5.41, 5.74) is 1.46. The molecule has 3 aromatic rings. The first kappa shape index (κ1) is 15.8. The maximum atomic E-state index is 12.5. The molecular weight excluding hydrogens is 331 g/mol. The Labute approximate surface area is 143 Å². The second-order valence-corrected chi connectivity index (χ2v) is 5.88. The minimum atomic E-state index is -0.0417. The van der Waals surface area contributed by atoms with E-state index in [2.05, 4.69) is 4.98 Å². The predicted molar refractivity (Wildman–Crippen MR) is 97.1 cm³/mol. The van der Waals surface area contributed by atoms with Crippen molar-refractivity contribution in [1.82, 2.24) is 9.55 Å². The van der Waals surface area contributed by atoms with E-state index in [1.54, 1.807) is 28.8 Å². The van der Waals surface area contributed by atoms with Crippen LogP contribution in [0.1, 0.15) is 18.3 Å². The summed E-state index contributed by atoms with van der Waals surface area (Å²) in [6, 6.07) is 12.6. The first-order chi connectivity index (χ1) is 11.1. The Kier molecular flexibility index (Phi) is 4.51. The van der Waals surface area contributed by atoms with Gasteiger partial charge in [-0.1, -0.05) is 41.4 Å². The van der Waals surface area contributed by atoms with Gasteiger partial charge in [0.25, 0.3) is 5.56 Å². The molecule has 0 radical (unpaired) electrons. The van der Waals surface area contributed by atoms with Gasteiger partial charge in [0.05, 0.1) is 10.9 Å². The van der Waals surface area contributed by atoms with Gasteiger partial charge in [0, 0.05) is 16.6 Å². The van der Waals surface area contributed by atoms with Crippen molar-refractivity contribution >= 4 is 46.3 Å². The van der Waals surface area contributed by atoms with E-state index in [9.17, 15) is 4.79 Å². The third kappa shape index (κ3) is 3.16. The number of para-hydroxylation sites is 1. The standard InChI is InChI=1S/C18H14Cl2N2O/c1-2-22-17(10-8-12-7-9-13(19)11-15(12)20)21-16-6-4-3-5-14(16)18(22)23/h3-11H,2H2,1H3/b10-8-. The molecule has 0 aliphatic heterocycles. The van der Waals surface area contributed by atoms with Crippen molar-refractivity contribution in [3.63, 3.8) is 0 Å². The van der Waals surface area contributed by atoms with Crippen LogP contribution in [0.4, 0.5) is 0 Å². The van der Waals surface area contributed by atoms with Gasteiger partial charge in [0.2, 0.25) is 0 Å². The molecule has 3 rings (SSSR count). The van der Waals surface area contributed by atoms with E-state index in [-0.39, 0.29) is 5.56 Å². The fourth-order valence-corrected chi connectivity index (χ4v) is 2.89. The van der Waals surface area contributed by atoms with E-state index in [1.807, 2.05) is 37.3 Å². The maximum absolute atomic E-state index is 12.5. The lowest BCUT2D eigenvalue weighted by Gasteiger charge is -2.08. The lowest BCUT2D eigenvalue weighted by atomic mass is 10.2. The number of nitrogens with zero attached hydrogens (tertiary/aromatic N) is 2. The molecule has 1 heterocycles. The summed E-state index contributed by atoms with van der Waals surface area (Å²) in [4.78, 5) is 17.1. The molecule has 0 N–H and O–H groups in total. The first-order valence-corrected chi connectivity index (χ1v) is 7.98. The van der Waals surface area contributed by atoms with Gasteiger partial charge >= 0.3 is 0 Å². The molecule has 2 aromatic carbocycles. The van der Waals surface area contributed by atoms with Crippen LogP contribution in [0.5, 0.6) is 0 Å². The minimum absolute atomic E-state index is 0.0417. The van der Waals surface area contributed by atoms with Gasteiger partial charge in [-0.2, -0.15) is 0 Å². The number of hydrogen-bond acceptors (Lipinski definition) is 2. The summed E-state index contributed by atoms with van der Waals surface area (Å²) < 4.78 is 1.64. The van der Waals surface area contributed by atoms with E-state index < -0.39 is 0 Å². The average molecular weight is 345 g/mol. The maximum Gasteiger partial charge on any atom is 0.261 e. The quantitative estimate of drug-likeness (QED) is 0.677. The van der Waals surface area contributed by atoms with E-state index in [0.29, 0.717) is 33.3 Å². The molecule has 0 saturated carbocycles. The minimum Gasteiger partial charge on any atom is -0.293 e. The van der Waals surface area contributed by atoms with E-state index in [4.69, 9.17) is 23.2 Å². The third-order valence-corrected chi connectivity index (χ3v) is 4.14. The molecule has 0 aliphatic carbocycles. The normalized spacial score (nSPS) is 11.4. The monoisotopic (exact) mass is 344 g/mol. The Balaban J connectivity index is 2.12. The Hall–Kier alpha value is -2.10. The van der Waals surface area contributed by atoms with Gasteiger partial charge in [0.1, 0.15) is 5.82 Å². The fourth-order valence-electron chi connectivity index (χ4n) is 2.42. The molecule has 0 saturated heterocycles. The highest BCUT2D eigenvalue weighted by molar-refractivity contribution is 6.35. The van der Waals surface area contributed by atoms with Crippen molar-refractivity contribution in [3.8, 4) is 0 Å². The summed E-state index contributed by atoms with van der Waals surface area (Å²) in [6.45, 7) is 2.47. The van der Waals surface area contributed by atoms with Crippen molar-refractivity contribution < 1.29 is 0 Å². The number of halogens is 2. The van der Waals surface area contributed by atoms with Crippen LogP contribution in [0.3, 0.4) is 0 Å².